The number of benzene rings is 1. The molecule has 0 aliphatic carbocycles. The molecule has 8 heteroatoms. The van der Waals surface area contributed by atoms with Gasteiger partial charge in [0, 0.05) is 17.7 Å². The van der Waals surface area contributed by atoms with Gasteiger partial charge in [-0.2, -0.15) is 5.26 Å². The number of nitriles is 1. The van der Waals surface area contributed by atoms with Crippen LogP contribution in [0.1, 0.15) is 23.0 Å². The normalized spacial score (nSPS) is 16.3. The molecule has 122 valence electrons. The fourth-order valence-corrected chi connectivity index (χ4v) is 2.51. The molecule has 0 spiro atoms. The van der Waals surface area contributed by atoms with Crippen LogP contribution in [0, 0.1) is 23.0 Å². The van der Waals surface area contributed by atoms with Crippen LogP contribution in [0.5, 0.6) is 5.75 Å². The third kappa shape index (κ3) is 2.41. The Morgan fingerprint density at radius 3 is 2.71 bits per heavy atom. The topological polar surface area (TPSA) is 109 Å². The van der Waals surface area contributed by atoms with Crippen LogP contribution >= 0.6 is 0 Å². The summed E-state index contributed by atoms with van der Waals surface area (Å²) in [5, 5.41) is 18.5. The van der Waals surface area contributed by atoms with Crippen LogP contribution in [0.4, 0.5) is 8.78 Å². The highest BCUT2D eigenvalue weighted by Gasteiger charge is 2.36. The predicted molar refractivity (Wildman–Crippen MR) is 76.6 cm³/mol. The van der Waals surface area contributed by atoms with Gasteiger partial charge in [0.15, 0.2) is 5.76 Å². The molecule has 3 rings (SSSR count). The van der Waals surface area contributed by atoms with E-state index in [4.69, 9.17) is 14.9 Å². The Morgan fingerprint density at radius 2 is 2.08 bits per heavy atom. The molecule has 0 amide bonds. The van der Waals surface area contributed by atoms with Crippen molar-refractivity contribution in [3.8, 4) is 11.8 Å². The number of hydrogen-bond acceptors (Lipinski definition) is 6. The summed E-state index contributed by atoms with van der Waals surface area (Å²) in [5.74, 6) is -3.89. The monoisotopic (exact) mass is 332 g/mol. The summed E-state index contributed by atoms with van der Waals surface area (Å²) in [6.07, 6.45) is 0. The van der Waals surface area contributed by atoms with Crippen LogP contribution < -0.4 is 15.9 Å². The van der Waals surface area contributed by atoms with E-state index in [1.807, 2.05) is 0 Å². The van der Waals surface area contributed by atoms with Crippen molar-refractivity contribution < 1.29 is 23.0 Å². The molecule has 0 fully saturated rings. The maximum Gasteiger partial charge on any atom is 0.228 e. The number of nitrogens with two attached hydrogens (primary N) is 1. The predicted octanol–water partition coefficient (Wildman–Crippen LogP) is 1.63. The van der Waals surface area contributed by atoms with E-state index < -0.39 is 29.6 Å². The first-order chi connectivity index (χ1) is 11.5. The Labute approximate surface area is 134 Å². The van der Waals surface area contributed by atoms with E-state index in [0.29, 0.717) is 6.07 Å². The van der Waals surface area contributed by atoms with E-state index in [9.17, 15) is 23.9 Å². The number of fused-ring (bicyclic) bond motifs is 1. The highest BCUT2D eigenvalue weighted by Crippen LogP contribution is 2.41. The summed E-state index contributed by atoms with van der Waals surface area (Å²) in [6.45, 7) is -0.581. The van der Waals surface area contributed by atoms with Crippen molar-refractivity contribution in [1.82, 2.24) is 0 Å². The third-order valence-corrected chi connectivity index (χ3v) is 3.56. The van der Waals surface area contributed by atoms with Gasteiger partial charge in [-0.3, -0.25) is 4.79 Å². The van der Waals surface area contributed by atoms with E-state index in [1.165, 1.54) is 0 Å². The Kier molecular flexibility index (Phi) is 3.79. The van der Waals surface area contributed by atoms with E-state index in [2.05, 4.69) is 0 Å². The van der Waals surface area contributed by atoms with Gasteiger partial charge >= 0.3 is 0 Å². The van der Waals surface area contributed by atoms with Gasteiger partial charge in [0.25, 0.3) is 0 Å². The number of nitrogens with zero attached hydrogens (tertiary/aromatic N) is 1. The minimum Gasteiger partial charge on any atom is -0.458 e. The highest BCUT2D eigenvalue weighted by molar-refractivity contribution is 5.52. The van der Waals surface area contributed by atoms with Gasteiger partial charge in [0.05, 0.1) is 5.92 Å². The van der Waals surface area contributed by atoms with Gasteiger partial charge in [-0.15, -0.1) is 0 Å². The lowest BCUT2D eigenvalue weighted by molar-refractivity contribution is 0.231. The van der Waals surface area contributed by atoms with Gasteiger partial charge in [0.1, 0.15) is 35.6 Å². The molecule has 0 radical (unpaired) electrons. The fraction of sp³-hybridized carbons (Fsp3) is 0.125. The third-order valence-electron chi connectivity index (χ3n) is 3.56. The zero-order chi connectivity index (χ0) is 17.4. The molecule has 1 aliphatic heterocycles. The molecule has 1 aromatic carbocycles. The number of hydrogen-bond donors (Lipinski definition) is 2. The molecule has 0 bridgehead atoms. The lowest BCUT2D eigenvalue weighted by atomic mass is 9.87. The first kappa shape index (κ1) is 15.7. The van der Waals surface area contributed by atoms with E-state index >= 15 is 0 Å². The smallest absolute Gasteiger partial charge is 0.228 e. The molecule has 2 aromatic rings. The Balaban J connectivity index is 2.33. The maximum absolute atomic E-state index is 14.2. The first-order valence-corrected chi connectivity index (χ1v) is 6.76. The zero-order valence-electron chi connectivity index (χ0n) is 12.0. The summed E-state index contributed by atoms with van der Waals surface area (Å²) in [6, 6.07) is 5.56. The van der Waals surface area contributed by atoms with Crippen LogP contribution in [0.25, 0.3) is 0 Å². The minimum absolute atomic E-state index is 0.0902. The molecule has 2 heterocycles. The van der Waals surface area contributed by atoms with E-state index in [-0.39, 0.29) is 34.3 Å². The van der Waals surface area contributed by atoms with Crippen molar-refractivity contribution in [1.29, 1.82) is 5.26 Å². The minimum atomic E-state index is -1.20. The average molecular weight is 332 g/mol. The number of aliphatic hydroxyl groups is 1. The molecule has 0 saturated heterocycles. The zero-order valence-corrected chi connectivity index (χ0v) is 12.0. The second-order valence-corrected chi connectivity index (χ2v) is 5.02. The SMILES string of the molecule is N#CC1=C(N)Oc2c(oc(CO)cc2=O)[C@@H]1c1ccc(F)cc1F. The standard InChI is InChI=1S/C16H10F2N2O4/c17-7-1-2-9(11(18)3-7)13-10(5-19)16(20)24-14-12(22)4-8(6-21)23-15(13)14/h1-4,13,21H,6,20H2/t13-/m1/s1. The molecule has 1 aromatic heterocycles. The molecule has 1 atom stereocenters. The van der Waals surface area contributed by atoms with Crippen LogP contribution in [-0.2, 0) is 6.61 Å². The lowest BCUT2D eigenvalue weighted by Crippen LogP contribution is -2.26. The number of aliphatic hydroxyl groups excluding tert-OH is 1. The van der Waals surface area contributed by atoms with Crippen molar-refractivity contribution in [3.05, 3.63) is 74.7 Å². The molecular weight excluding hydrogens is 322 g/mol. The Bertz CT molecular complexity index is 960. The van der Waals surface area contributed by atoms with Crippen LogP contribution in [0.3, 0.4) is 0 Å². The van der Waals surface area contributed by atoms with E-state index in [1.54, 1.807) is 6.07 Å². The van der Waals surface area contributed by atoms with Crippen molar-refractivity contribution in [2.45, 2.75) is 12.5 Å². The summed E-state index contributed by atoms with van der Waals surface area (Å²) < 4.78 is 37.9. The van der Waals surface area contributed by atoms with Crippen LogP contribution in [-0.4, -0.2) is 5.11 Å². The van der Waals surface area contributed by atoms with Crippen molar-refractivity contribution >= 4 is 0 Å². The average Bonchev–Trinajstić information content (AvgIpc) is 2.54. The van der Waals surface area contributed by atoms with Gasteiger partial charge in [-0.1, -0.05) is 6.07 Å². The molecule has 0 saturated carbocycles. The van der Waals surface area contributed by atoms with Gasteiger partial charge in [-0.05, 0) is 6.07 Å². The Morgan fingerprint density at radius 1 is 1.33 bits per heavy atom. The highest BCUT2D eigenvalue weighted by atomic mass is 19.1. The van der Waals surface area contributed by atoms with E-state index in [0.717, 1.165) is 18.2 Å². The van der Waals surface area contributed by atoms with Crippen molar-refractivity contribution in [2.75, 3.05) is 0 Å². The van der Waals surface area contributed by atoms with Gasteiger partial charge in [-0.25, -0.2) is 8.78 Å². The summed E-state index contributed by atoms with van der Waals surface area (Å²) >= 11 is 0. The second-order valence-electron chi connectivity index (χ2n) is 5.02. The molecular formula is C16H10F2N2O4. The summed E-state index contributed by atoms with van der Waals surface area (Å²) in [5.41, 5.74) is 4.71. The quantitative estimate of drug-likeness (QED) is 0.865. The number of rotatable bonds is 2. The second kappa shape index (κ2) is 5.79. The van der Waals surface area contributed by atoms with Crippen molar-refractivity contribution in [3.63, 3.8) is 0 Å². The van der Waals surface area contributed by atoms with Crippen LogP contribution in [0.2, 0.25) is 0 Å². The summed E-state index contributed by atoms with van der Waals surface area (Å²) in [4.78, 5) is 12.1. The van der Waals surface area contributed by atoms with Gasteiger partial charge in [0.2, 0.25) is 17.1 Å². The number of ether oxygens (including phenoxy) is 1. The van der Waals surface area contributed by atoms with Crippen molar-refractivity contribution in [2.24, 2.45) is 5.73 Å². The van der Waals surface area contributed by atoms with Crippen LogP contribution in [0.15, 0.2) is 44.9 Å². The fourth-order valence-electron chi connectivity index (χ4n) is 2.51. The molecule has 24 heavy (non-hydrogen) atoms. The Hall–Kier alpha value is -3.18. The molecule has 1 aliphatic rings. The summed E-state index contributed by atoms with van der Waals surface area (Å²) in [7, 11) is 0. The number of halogens is 2. The molecule has 3 N–H and O–H groups in total. The largest absolute Gasteiger partial charge is 0.458 e. The first-order valence-electron chi connectivity index (χ1n) is 6.76. The van der Waals surface area contributed by atoms with Gasteiger partial charge < -0.3 is 20.0 Å². The maximum atomic E-state index is 14.2. The molecule has 6 nitrogen and oxygen atoms in total. The number of allylic oxidation sites excluding steroid dienone is 1. The lowest BCUT2D eigenvalue weighted by Gasteiger charge is -2.25. The molecule has 0 unspecified atom stereocenters.